The fourth-order valence-corrected chi connectivity index (χ4v) is 2.20. The summed E-state index contributed by atoms with van der Waals surface area (Å²) >= 11 is 4.87. The highest BCUT2D eigenvalue weighted by Gasteiger charge is 2.24. The molecule has 2 heterocycles. The van der Waals surface area contributed by atoms with Gasteiger partial charge in [-0.3, -0.25) is 4.79 Å². The second-order valence-electron chi connectivity index (χ2n) is 4.58. The maximum absolute atomic E-state index is 12.3. The summed E-state index contributed by atoms with van der Waals surface area (Å²) in [5.74, 6) is 0.192. The lowest BCUT2D eigenvalue weighted by molar-refractivity contribution is 0.0509. The monoisotopic (exact) mass is 282 g/mol. The lowest BCUT2D eigenvalue weighted by atomic mass is 10.2. The lowest BCUT2D eigenvalue weighted by Gasteiger charge is -2.24. The molecule has 0 bridgehead atoms. The van der Waals surface area contributed by atoms with E-state index in [1.807, 2.05) is 0 Å². The molecule has 0 saturated carbocycles. The number of carbonyl (C=O) groups is 1. The smallest absolute Gasteiger partial charge is 0.289 e. The van der Waals surface area contributed by atoms with Gasteiger partial charge in [0.1, 0.15) is 0 Å². The number of furan rings is 1. The van der Waals surface area contributed by atoms with Gasteiger partial charge in [0.05, 0.1) is 17.4 Å². The number of amides is 1. The molecule has 1 aliphatic heterocycles. The number of rotatable bonds is 6. The Hall–Kier alpha value is -1.40. The van der Waals surface area contributed by atoms with Crippen LogP contribution in [0.15, 0.2) is 22.8 Å². The highest BCUT2D eigenvalue weighted by molar-refractivity contribution is 7.80. The average Bonchev–Trinajstić information content (AvgIpc) is 3.06. The van der Waals surface area contributed by atoms with Crippen molar-refractivity contribution in [3.63, 3.8) is 0 Å². The zero-order chi connectivity index (χ0) is 13.7. The molecule has 1 aromatic heterocycles. The molecule has 6 heteroatoms. The van der Waals surface area contributed by atoms with Gasteiger partial charge in [0.25, 0.3) is 5.91 Å². The first-order chi connectivity index (χ1) is 9.16. The Labute approximate surface area is 117 Å². The summed E-state index contributed by atoms with van der Waals surface area (Å²) in [6.45, 7) is 1.82. The minimum absolute atomic E-state index is 0.102. The Morgan fingerprint density at radius 1 is 1.58 bits per heavy atom. The van der Waals surface area contributed by atoms with Gasteiger partial charge in [-0.05, 0) is 25.0 Å². The second-order valence-corrected chi connectivity index (χ2v) is 5.10. The van der Waals surface area contributed by atoms with Gasteiger partial charge in [-0.15, -0.1) is 0 Å². The first-order valence-corrected chi connectivity index (χ1v) is 6.80. The van der Waals surface area contributed by atoms with E-state index < -0.39 is 0 Å². The fourth-order valence-electron chi connectivity index (χ4n) is 2.11. The number of nitrogens with zero attached hydrogens (tertiary/aromatic N) is 1. The number of carbonyl (C=O) groups excluding carboxylic acids is 1. The summed E-state index contributed by atoms with van der Waals surface area (Å²) in [7, 11) is 0. The van der Waals surface area contributed by atoms with Crippen LogP contribution in [0, 0.1) is 0 Å². The molecule has 1 aromatic rings. The number of hydrogen-bond acceptors (Lipinski definition) is 4. The number of thiocarbonyl (C=S) groups is 1. The van der Waals surface area contributed by atoms with Gasteiger partial charge in [0.2, 0.25) is 0 Å². The van der Waals surface area contributed by atoms with Crippen molar-refractivity contribution in [2.75, 3.05) is 19.7 Å². The molecule has 5 nitrogen and oxygen atoms in total. The van der Waals surface area contributed by atoms with E-state index in [1.165, 1.54) is 6.26 Å². The van der Waals surface area contributed by atoms with Crippen LogP contribution in [0.4, 0.5) is 0 Å². The molecule has 1 fully saturated rings. The topological polar surface area (TPSA) is 68.7 Å². The van der Waals surface area contributed by atoms with E-state index in [1.54, 1.807) is 17.0 Å². The SMILES string of the molecule is NC(=S)CCN(CC1CCCO1)C(=O)c1ccco1. The maximum atomic E-state index is 12.3. The molecule has 1 unspecified atom stereocenters. The van der Waals surface area contributed by atoms with Crippen molar-refractivity contribution in [2.45, 2.75) is 25.4 Å². The fraction of sp³-hybridized carbons (Fsp3) is 0.538. The number of hydrogen-bond donors (Lipinski definition) is 1. The minimum Gasteiger partial charge on any atom is -0.459 e. The summed E-state index contributed by atoms with van der Waals surface area (Å²) in [6.07, 6.45) is 4.13. The molecule has 19 heavy (non-hydrogen) atoms. The first kappa shape index (κ1) is 14.0. The minimum atomic E-state index is -0.142. The van der Waals surface area contributed by atoms with Crippen LogP contribution in [0.3, 0.4) is 0 Å². The lowest BCUT2D eigenvalue weighted by Crippen LogP contribution is -2.39. The van der Waals surface area contributed by atoms with Crippen molar-refractivity contribution in [3.8, 4) is 0 Å². The molecule has 2 rings (SSSR count). The van der Waals surface area contributed by atoms with Crippen molar-refractivity contribution in [1.29, 1.82) is 0 Å². The Kier molecular flexibility index (Phi) is 4.93. The summed E-state index contributed by atoms with van der Waals surface area (Å²) in [5.41, 5.74) is 5.51. The molecule has 1 amide bonds. The quantitative estimate of drug-likeness (QED) is 0.802. The van der Waals surface area contributed by atoms with Crippen LogP contribution in [0.25, 0.3) is 0 Å². The van der Waals surface area contributed by atoms with Gasteiger partial charge >= 0.3 is 0 Å². The Bertz CT molecular complexity index is 427. The predicted molar refractivity (Wildman–Crippen MR) is 75.0 cm³/mol. The Balaban J connectivity index is 1.99. The summed E-state index contributed by atoms with van der Waals surface area (Å²) in [5, 5.41) is 0. The highest BCUT2D eigenvalue weighted by atomic mass is 32.1. The van der Waals surface area contributed by atoms with Crippen LogP contribution in [-0.4, -0.2) is 41.6 Å². The van der Waals surface area contributed by atoms with Gasteiger partial charge < -0.3 is 19.8 Å². The van der Waals surface area contributed by atoms with Gasteiger partial charge in [-0.25, -0.2) is 0 Å². The second kappa shape index (κ2) is 6.68. The van der Waals surface area contributed by atoms with E-state index >= 15 is 0 Å². The van der Waals surface area contributed by atoms with Crippen LogP contribution in [-0.2, 0) is 4.74 Å². The van der Waals surface area contributed by atoms with Gasteiger partial charge in [-0.2, -0.15) is 0 Å². The zero-order valence-corrected chi connectivity index (χ0v) is 11.5. The molecule has 2 N–H and O–H groups in total. The van der Waals surface area contributed by atoms with Crippen LogP contribution in [0.5, 0.6) is 0 Å². The Morgan fingerprint density at radius 2 is 2.42 bits per heavy atom. The summed E-state index contributed by atoms with van der Waals surface area (Å²) in [6, 6.07) is 3.36. The van der Waals surface area contributed by atoms with E-state index in [-0.39, 0.29) is 12.0 Å². The third-order valence-electron chi connectivity index (χ3n) is 3.10. The molecule has 0 spiro atoms. The summed E-state index contributed by atoms with van der Waals surface area (Å²) in [4.78, 5) is 14.4. The van der Waals surface area contributed by atoms with Crippen LogP contribution in [0.2, 0.25) is 0 Å². The van der Waals surface area contributed by atoms with E-state index in [4.69, 9.17) is 27.1 Å². The van der Waals surface area contributed by atoms with E-state index in [0.717, 1.165) is 19.4 Å². The zero-order valence-electron chi connectivity index (χ0n) is 10.7. The first-order valence-electron chi connectivity index (χ1n) is 6.39. The molecule has 1 atom stereocenters. The Morgan fingerprint density at radius 3 is 3.00 bits per heavy atom. The molecule has 0 aliphatic carbocycles. The average molecular weight is 282 g/mol. The van der Waals surface area contributed by atoms with Crippen LogP contribution >= 0.6 is 12.2 Å². The van der Waals surface area contributed by atoms with Crippen molar-refractivity contribution in [3.05, 3.63) is 24.2 Å². The molecule has 1 saturated heterocycles. The van der Waals surface area contributed by atoms with Crippen molar-refractivity contribution in [2.24, 2.45) is 5.73 Å². The third-order valence-corrected chi connectivity index (χ3v) is 3.30. The highest BCUT2D eigenvalue weighted by Crippen LogP contribution is 2.15. The molecule has 1 aliphatic rings. The van der Waals surface area contributed by atoms with Crippen molar-refractivity contribution in [1.82, 2.24) is 4.90 Å². The molecule has 0 radical (unpaired) electrons. The van der Waals surface area contributed by atoms with Crippen molar-refractivity contribution >= 4 is 23.1 Å². The molecule has 104 valence electrons. The van der Waals surface area contributed by atoms with Crippen LogP contribution in [0.1, 0.15) is 29.8 Å². The standard InChI is InChI=1S/C13H18N2O3S/c14-12(19)5-6-15(9-10-3-1-7-17-10)13(16)11-4-2-8-18-11/h2,4,8,10H,1,3,5-7,9H2,(H2,14,19). The van der Waals surface area contributed by atoms with Gasteiger partial charge in [0.15, 0.2) is 5.76 Å². The maximum Gasteiger partial charge on any atom is 0.289 e. The molecular weight excluding hydrogens is 264 g/mol. The number of nitrogens with two attached hydrogens (primary N) is 1. The predicted octanol–water partition coefficient (Wildman–Crippen LogP) is 1.58. The molecular formula is C13H18N2O3S. The third kappa shape index (κ3) is 4.04. The van der Waals surface area contributed by atoms with Gasteiger partial charge in [-0.1, -0.05) is 12.2 Å². The summed E-state index contributed by atoms with van der Waals surface area (Å²) < 4.78 is 10.7. The van der Waals surface area contributed by atoms with E-state index in [2.05, 4.69) is 0 Å². The number of ether oxygens (including phenoxy) is 1. The largest absolute Gasteiger partial charge is 0.459 e. The van der Waals surface area contributed by atoms with Crippen LogP contribution < -0.4 is 5.73 Å². The van der Waals surface area contributed by atoms with Crippen molar-refractivity contribution < 1.29 is 13.9 Å². The van der Waals surface area contributed by atoms with E-state index in [9.17, 15) is 4.79 Å². The molecule has 0 aromatic carbocycles. The van der Waals surface area contributed by atoms with E-state index in [0.29, 0.717) is 30.3 Å². The normalized spacial score (nSPS) is 18.4. The van der Waals surface area contributed by atoms with Gasteiger partial charge in [0, 0.05) is 26.1 Å².